The summed E-state index contributed by atoms with van der Waals surface area (Å²) >= 11 is 0. The Morgan fingerprint density at radius 3 is 2.57 bits per heavy atom. The first-order valence-corrected chi connectivity index (χ1v) is 11.4. The highest BCUT2D eigenvalue weighted by Crippen LogP contribution is 2.38. The maximum Gasteiger partial charge on any atom is 0.418 e. The van der Waals surface area contributed by atoms with Crippen LogP contribution in [0.25, 0.3) is 0 Å². The number of hydrogen-bond acceptors (Lipinski definition) is 8. The molecule has 37 heavy (non-hydrogen) atoms. The minimum Gasteiger partial charge on any atom is -0.495 e. The quantitative estimate of drug-likeness (QED) is 0.394. The number of amides is 1. The summed E-state index contributed by atoms with van der Waals surface area (Å²) in [6.45, 7) is 5.85. The van der Waals surface area contributed by atoms with Crippen LogP contribution >= 0.6 is 0 Å². The molecule has 2 heterocycles. The molecule has 0 spiro atoms. The van der Waals surface area contributed by atoms with Crippen LogP contribution in [0.2, 0.25) is 0 Å². The first kappa shape index (κ1) is 26.1. The lowest BCUT2D eigenvalue weighted by atomic mass is 9.97. The van der Waals surface area contributed by atoms with Crippen LogP contribution in [0.5, 0.6) is 5.75 Å². The summed E-state index contributed by atoms with van der Waals surface area (Å²) in [5.41, 5.74) is 5.20. The van der Waals surface area contributed by atoms with Gasteiger partial charge in [0.05, 0.1) is 24.0 Å². The lowest BCUT2D eigenvalue weighted by Gasteiger charge is -2.32. The van der Waals surface area contributed by atoms with Crippen molar-refractivity contribution in [2.75, 3.05) is 24.3 Å². The zero-order chi connectivity index (χ0) is 26.9. The Kier molecular flexibility index (Phi) is 7.16. The predicted molar refractivity (Wildman–Crippen MR) is 129 cm³/mol. The summed E-state index contributed by atoms with van der Waals surface area (Å²) in [5.74, 6) is -2.50. The number of halogens is 4. The molecular weight excluding hydrogens is 494 g/mol. The van der Waals surface area contributed by atoms with Crippen molar-refractivity contribution < 1.29 is 27.1 Å². The van der Waals surface area contributed by atoms with E-state index in [0.717, 1.165) is 36.2 Å². The van der Waals surface area contributed by atoms with Crippen LogP contribution in [-0.2, 0) is 19.1 Å². The van der Waals surface area contributed by atoms with Gasteiger partial charge >= 0.3 is 6.18 Å². The van der Waals surface area contributed by atoms with Gasteiger partial charge in [0.25, 0.3) is 5.91 Å². The maximum atomic E-state index is 14.4. The first-order chi connectivity index (χ1) is 17.5. The van der Waals surface area contributed by atoms with Gasteiger partial charge < -0.3 is 21.1 Å². The normalized spacial score (nSPS) is 13.8. The van der Waals surface area contributed by atoms with E-state index in [4.69, 9.17) is 10.5 Å². The number of hydrogen-bond donors (Lipinski definition) is 3. The number of methoxy groups -OCH3 is 1. The lowest BCUT2D eigenvalue weighted by molar-refractivity contribution is -0.137. The standard InChI is InChI=1S/C24H25F4N7O2/c1-12(2)35-8-7-13-10-18(37-3)17(9-14(13)11-35)30-23-32-22(20(21(29)36)33-34-23)31-19-15(24(26,27)28)5-4-6-16(19)25/h4-6,9-10,12H,7-8,11H2,1-3H3,(H2,29,36)(H2,30,31,32,34). The fourth-order valence-electron chi connectivity index (χ4n) is 4.07. The van der Waals surface area contributed by atoms with Crippen LogP contribution in [0.1, 0.15) is 41.0 Å². The van der Waals surface area contributed by atoms with Crippen LogP contribution in [0.3, 0.4) is 0 Å². The van der Waals surface area contributed by atoms with Gasteiger partial charge in [-0.2, -0.15) is 18.2 Å². The van der Waals surface area contributed by atoms with E-state index in [-0.39, 0.29) is 5.95 Å². The Morgan fingerprint density at radius 2 is 1.92 bits per heavy atom. The van der Waals surface area contributed by atoms with Gasteiger partial charge in [0.15, 0.2) is 11.5 Å². The summed E-state index contributed by atoms with van der Waals surface area (Å²) in [4.78, 5) is 18.3. The molecule has 1 aromatic heterocycles. The molecule has 0 unspecified atom stereocenters. The number of nitrogens with zero attached hydrogens (tertiary/aromatic N) is 4. The molecule has 0 saturated heterocycles. The molecule has 0 atom stereocenters. The summed E-state index contributed by atoms with van der Waals surface area (Å²) in [6.07, 6.45) is -4.03. The molecule has 4 N–H and O–H groups in total. The molecule has 13 heteroatoms. The second-order valence-corrected chi connectivity index (χ2v) is 8.74. The molecule has 0 fully saturated rings. The number of carbonyl (C=O) groups excluding carboxylic acids is 1. The Bertz CT molecular complexity index is 1330. The van der Waals surface area contributed by atoms with Crippen molar-refractivity contribution >= 4 is 29.0 Å². The Balaban J connectivity index is 1.72. The third-order valence-corrected chi connectivity index (χ3v) is 6.02. The van der Waals surface area contributed by atoms with Crippen LogP contribution in [-0.4, -0.2) is 45.7 Å². The number of alkyl halides is 3. The number of carbonyl (C=O) groups is 1. The van der Waals surface area contributed by atoms with Gasteiger partial charge in [-0.15, -0.1) is 10.2 Å². The second-order valence-electron chi connectivity index (χ2n) is 8.74. The molecule has 9 nitrogen and oxygen atoms in total. The summed E-state index contributed by atoms with van der Waals surface area (Å²) in [6, 6.07) is 6.59. The molecule has 1 aliphatic rings. The minimum absolute atomic E-state index is 0.174. The Hall–Kier alpha value is -4.00. The minimum atomic E-state index is -4.88. The van der Waals surface area contributed by atoms with Crippen LogP contribution in [0.15, 0.2) is 30.3 Å². The maximum absolute atomic E-state index is 14.4. The highest BCUT2D eigenvalue weighted by Gasteiger charge is 2.35. The Morgan fingerprint density at radius 1 is 1.16 bits per heavy atom. The van der Waals surface area contributed by atoms with E-state index in [2.05, 4.69) is 44.6 Å². The Labute approximate surface area is 210 Å². The first-order valence-electron chi connectivity index (χ1n) is 11.4. The largest absolute Gasteiger partial charge is 0.495 e. The average molecular weight is 520 g/mol. The number of rotatable bonds is 7. The van der Waals surface area contributed by atoms with Gasteiger partial charge in [0.1, 0.15) is 11.6 Å². The third kappa shape index (κ3) is 5.56. The average Bonchev–Trinajstić information content (AvgIpc) is 2.83. The molecule has 3 aromatic rings. The van der Waals surface area contributed by atoms with Crippen molar-refractivity contribution in [1.82, 2.24) is 20.1 Å². The fraction of sp³-hybridized carbons (Fsp3) is 0.333. The molecule has 0 radical (unpaired) electrons. The molecule has 0 saturated carbocycles. The number of anilines is 4. The van der Waals surface area contributed by atoms with Crippen LogP contribution < -0.4 is 21.1 Å². The summed E-state index contributed by atoms with van der Waals surface area (Å²) in [7, 11) is 1.50. The highest BCUT2D eigenvalue weighted by molar-refractivity contribution is 5.96. The van der Waals surface area contributed by atoms with Crippen molar-refractivity contribution in [3.05, 3.63) is 58.5 Å². The lowest BCUT2D eigenvalue weighted by Crippen LogP contribution is -2.35. The smallest absolute Gasteiger partial charge is 0.418 e. The van der Waals surface area contributed by atoms with Crippen molar-refractivity contribution in [2.24, 2.45) is 5.73 Å². The van der Waals surface area contributed by atoms with E-state index in [1.807, 2.05) is 12.1 Å². The van der Waals surface area contributed by atoms with E-state index in [9.17, 15) is 22.4 Å². The van der Waals surface area contributed by atoms with E-state index >= 15 is 0 Å². The molecule has 4 rings (SSSR count). The van der Waals surface area contributed by atoms with E-state index in [0.29, 0.717) is 30.1 Å². The third-order valence-electron chi connectivity index (χ3n) is 6.02. The van der Waals surface area contributed by atoms with Gasteiger partial charge in [0.2, 0.25) is 5.95 Å². The topological polar surface area (TPSA) is 118 Å². The molecule has 1 amide bonds. The SMILES string of the molecule is COc1cc2c(cc1Nc1nnc(C(N)=O)c(Nc3c(F)cccc3C(F)(F)F)n1)CN(C(C)C)CC2. The van der Waals surface area contributed by atoms with Crippen molar-refractivity contribution in [3.8, 4) is 5.75 Å². The molecular formula is C24H25F4N7O2. The van der Waals surface area contributed by atoms with Crippen molar-refractivity contribution in [3.63, 3.8) is 0 Å². The van der Waals surface area contributed by atoms with Gasteiger partial charge in [-0.05, 0) is 55.7 Å². The molecule has 1 aliphatic heterocycles. The van der Waals surface area contributed by atoms with Crippen LogP contribution in [0.4, 0.5) is 40.7 Å². The molecule has 2 aromatic carbocycles. The molecule has 0 aliphatic carbocycles. The zero-order valence-electron chi connectivity index (χ0n) is 20.3. The number of aromatic nitrogens is 3. The number of ether oxygens (including phenoxy) is 1. The zero-order valence-corrected chi connectivity index (χ0v) is 20.3. The van der Waals surface area contributed by atoms with E-state index in [1.54, 1.807) is 0 Å². The number of nitrogens with two attached hydrogens (primary N) is 1. The van der Waals surface area contributed by atoms with Gasteiger partial charge in [0, 0.05) is 19.1 Å². The van der Waals surface area contributed by atoms with Crippen molar-refractivity contribution in [2.45, 2.75) is 39.0 Å². The fourth-order valence-corrected chi connectivity index (χ4v) is 4.07. The van der Waals surface area contributed by atoms with E-state index < -0.39 is 40.7 Å². The summed E-state index contributed by atoms with van der Waals surface area (Å²) < 4.78 is 60.4. The monoisotopic (exact) mass is 519 g/mol. The van der Waals surface area contributed by atoms with Gasteiger partial charge in [-0.1, -0.05) is 6.07 Å². The van der Waals surface area contributed by atoms with Crippen molar-refractivity contribution in [1.29, 1.82) is 0 Å². The summed E-state index contributed by atoms with van der Waals surface area (Å²) in [5, 5.41) is 12.7. The molecule has 0 bridgehead atoms. The van der Waals surface area contributed by atoms with Crippen LogP contribution in [0, 0.1) is 5.82 Å². The van der Waals surface area contributed by atoms with E-state index in [1.165, 1.54) is 7.11 Å². The highest BCUT2D eigenvalue weighted by atomic mass is 19.4. The second kappa shape index (κ2) is 10.2. The number of para-hydroxylation sites is 1. The predicted octanol–water partition coefficient (Wildman–Crippen LogP) is 4.39. The van der Waals surface area contributed by atoms with Gasteiger partial charge in [-0.3, -0.25) is 9.69 Å². The van der Waals surface area contributed by atoms with Gasteiger partial charge in [-0.25, -0.2) is 4.39 Å². The number of primary amides is 1. The number of benzene rings is 2. The molecule has 196 valence electrons. The number of fused-ring (bicyclic) bond motifs is 1. The number of nitrogens with one attached hydrogen (secondary N) is 2.